The summed E-state index contributed by atoms with van der Waals surface area (Å²) in [4.78, 5) is 28.8. The van der Waals surface area contributed by atoms with Crippen LogP contribution in [-0.4, -0.2) is 50.5 Å². The van der Waals surface area contributed by atoms with Crippen LogP contribution >= 0.6 is 23.2 Å². The maximum absolute atomic E-state index is 14.0. The first-order valence-electron chi connectivity index (χ1n) is 12.1. The summed E-state index contributed by atoms with van der Waals surface area (Å²) in [5, 5.41) is 3.23. The minimum Gasteiger partial charge on any atom is -0.355 e. The van der Waals surface area contributed by atoms with Gasteiger partial charge < -0.3 is 10.2 Å². The molecule has 0 bridgehead atoms. The van der Waals surface area contributed by atoms with Crippen molar-refractivity contribution in [1.82, 2.24) is 10.2 Å². The molecule has 1 atom stereocenters. The molecule has 0 radical (unpaired) electrons. The lowest BCUT2D eigenvalue weighted by molar-refractivity contribution is -0.140. The lowest BCUT2D eigenvalue weighted by Crippen LogP contribution is -2.53. The Morgan fingerprint density at radius 1 is 0.974 bits per heavy atom. The average molecular weight is 577 g/mol. The Morgan fingerprint density at radius 3 is 2.26 bits per heavy atom. The predicted molar refractivity (Wildman–Crippen MR) is 153 cm³/mol. The highest BCUT2D eigenvalue weighted by molar-refractivity contribution is 7.92. The van der Waals surface area contributed by atoms with Gasteiger partial charge in [-0.1, -0.05) is 77.8 Å². The van der Waals surface area contributed by atoms with Crippen LogP contribution in [0.1, 0.15) is 23.6 Å². The second-order valence-corrected chi connectivity index (χ2v) is 11.7. The number of nitrogens with one attached hydrogen (secondary N) is 1. The molecule has 202 valence electrons. The SMILES string of the molecule is CCNC(=O)C(Cc1ccccc1)N(Cc1ccccc1C)C(=O)CN(c1cc(Cl)ccc1Cl)S(C)(=O)=O. The molecule has 1 unspecified atom stereocenters. The van der Waals surface area contributed by atoms with Crippen LogP contribution in [0.25, 0.3) is 0 Å². The topological polar surface area (TPSA) is 86.8 Å². The number of rotatable bonds is 11. The highest BCUT2D eigenvalue weighted by Crippen LogP contribution is 2.31. The number of hydrogen-bond donors (Lipinski definition) is 1. The minimum absolute atomic E-state index is 0.0866. The molecular weight excluding hydrogens is 545 g/mol. The zero-order valence-corrected chi connectivity index (χ0v) is 23.9. The first kappa shape index (κ1) is 29.5. The van der Waals surface area contributed by atoms with Gasteiger partial charge in [0.05, 0.1) is 17.0 Å². The van der Waals surface area contributed by atoms with Gasteiger partial charge in [0.25, 0.3) is 0 Å². The van der Waals surface area contributed by atoms with E-state index in [1.54, 1.807) is 6.92 Å². The van der Waals surface area contributed by atoms with E-state index in [4.69, 9.17) is 23.2 Å². The van der Waals surface area contributed by atoms with E-state index in [0.29, 0.717) is 6.54 Å². The second kappa shape index (κ2) is 13.1. The zero-order valence-electron chi connectivity index (χ0n) is 21.5. The first-order chi connectivity index (χ1) is 18.0. The summed E-state index contributed by atoms with van der Waals surface area (Å²) in [5.41, 5.74) is 2.74. The third kappa shape index (κ3) is 7.72. The molecule has 0 aliphatic heterocycles. The van der Waals surface area contributed by atoms with Crippen molar-refractivity contribution in [1.29, 1.82) is 0 Å². The Bertz CT molecular complexity index is 1380. The standard InChI is InChI=1S/C28H31Cl2N3O4S/c1-4-31-28(35)26(16-21-11-6-5-7-12-21)32(18-22-13-9-8-10-20(22)2)27(34)19-33(38(3,36)37)25-17-23(29)14-15-24(25)30/h5-15,17,26H,4,16,18-19H2,1-3H3,(H,31,35). The van der Waals surface area contributed by atoms with Gasteiger partial charge in [0.2, 0.25) is 21.8 Å². The van der Waals surface area contributed by atoms with Crippen molar-refractivity contribution in [2.24, 2.45) is 0 Å². The van der Waals surface area contributed by atoms with E-state index in [1.807, 2.05) is 61.5 Å². The summed E-state index contributed by atoms with van der Waals surface area (Å²) in [6, 6.07) is 20.4. The Balaban J connectivity index is 2.08. The molecule has 0 fully saturated rings. The number of amides is 2. The van der Waals surface area contributed by atoms with Gasteiger partial charge in [-0.15, -0.1) is 0 Å². The van der Waals surface area contributed by atoms with Crippen LogP contribution in [0.5, 0.6) is 0 Å². The predicted octanol–water partition coefficient (Wildman–Crippen LogP) is 4.84. The Hall–Kier alpha value is -3.07. The molecule has 2 amide bonds. The molecule has 0 aromatic heterocycles. The fourth-order valence-corrected chi connectivity index (χ4v) is 5.38. The molecule has 3 aromatic carbocycles. The molecule has 10 heteroatoms. The van der Waals surface area contributed by atoms with Crippen molar-refractivity contribution in [3.8, 4) is 0 Å². The molecule has 0 spiro atoms. The van der Waals surface area contributed by atoms with Gasteiger partial charge in [-0.3, -0.25) is 13.9 Å². The highest BCUT2D eigenvalue weighted by Gasteiger charge is 2.33. The Labute approximate surface area is 234 Å². The summed E-state index contributed by atoms with van der Waals surface area (Å²) < 4.78 is 26.6. The van der Waals surface area contributed by atoms with Gasteiger partial charge in [-0.2, -0.15) is 0 Å². The van der Waals surface area contributed by atoms with Gasteiger partial charge in [-0.05, 0) is 48.7 Å². The van der Waals surface area contributed by atoms with Crippen LogP contribution in [0.2, 0.25) is 10.0 Å². The number of hydrogen-bond acceptors (Lipinski definition) is 4. The van der Waals surface area contributed by atoms with Crippen LogP contribution in [0, 0.1) is 6.92 Å². The number of aryl methyl sites for hydroxylation is 1. The van der Waals surface area contributed by atoms with Crippen LogP contribution in [0.3, 0.4) is 0 Å². The van der Waals surface area contributed by atoms with E-state index >= 15 is 0 Å². The van der Waals surface area contributed by atoms with Crippen LogP contribution in [0.15, 0.2) is 72.8 Å². The van der Waals surface area contributed by atoms with Gasteiger partial charge in [-0.25, -0.2) is 8.42 Å². The molecule has 7 nitrogen and oxygen atoms in total. The van der Waals surface area contributed by atoms with E-state index in [2.05, 4.69) is 5.32 Å². The van der Waals surface area contributed by atoms with E-state index in [1.165, 1.54) is 23.1 Å². The number of carbonyl (C=O) groups is 2. The maximum Gasteiger partial charge on any atom is 0.244 e. The first-order valence-corrected chi connectivity index (χ1v) is 14.7. The van der Waals surface area contributed by atoms with Crippen molar-refractivity contribution in [3.63, 3.8) is 0 Å². The number of likely N-dealkylation sites (N-methyl/N-ethyl adjacent to an activating group) is 1. The number of carbonyl (C=O) groups excluding carboxylic acids is 2. The van der Waals surface area contributed by atoms with Gasteiger partial charge >= 0.3 is 0 Å². The zero-order chi connectivity index (χ0) is 27.9. The van der Waals surface area contributed by atoms with Crippen molar-refractivity contribution in [2.75, 3.05) is 23.7 Å². The van der Waals surface area contributed by atoms with Crippen molar-refractivity contribution in [3.05, 3.63) is 99.5 Å². The number of sulfonamides is 1. The smallest absolute Gasteiger partial charge is 0.244 e. The number of benzene rings is 3. The number of nitrogens with zero attached hydrogens (tertiary/aromatic N) is 2. The molecule has 0 aliphatic carbocycles. The summed E-state index contributed by atoms with van der Waals surface area (Å²) in [6.07, 6.45) is 1.25. The molecule has 3 aromatic rings. The molecule has 3 rings (SSSR count). The quantitative estimate of drug-likeness (QED) is 0.354. The monoisotopic (exact) mass is 575 g/mol. The number of anilines is 1. The maximum atomic E-state index is 14.0. The third-order valence-electron chi connectivity index (χ3n) is 6.08. The molecule has 38 heavy (non-hydrogen) atoms. The third-order valence-corrected chi connectivity index (χ3v) is 7.76. The normalized spacial score (nSPS) is 12.0. The van der Waals surface area contributed by atoms with E-state index in [9.17, 15) is 18.0 Å². The van der Waals surface area contributed by atoms with Crippen LogP contribution in [-0.2, 0) is 32.6 Å². The van der Waals surface area contributed by atoms with Crippen LogP contribution < -0.4 is 9.62 Å². The molecule has 0 saturated heterocycles. The minimum atomic E-state index is -3.94. The van der Waals surface area contributed by atoms with Crippen molar-refractivity contribution in [2.45, 2.75) is 32.9 Å². The van der Waals surface area contributed by atoms with Crippen molar-refractivity contribution < 1.29 is 18.0 Å². The van der Waals surface area contributed by atoms with Gasteiger partial charge in [0.1, 0.15) is 12.6 Å². The Kier molecular flexibility index (Phi) is 10.2. The summed E-state index contributed by atoms with van der Waals surface area (Å²) in [6.45, 7) is 3.66. The summed E-state index contributed by atoms with van der Waals surface area (Å²) in [5.74, 6) is -0.883. The van der Waals surface area contributed by atoms with E-state index in [-0.39, 0.29) is 34.6 Å². The van der Waals surface area contributed by atoms with Gasteiger partial charge in [0.15, 0.2) is 0 Å². The molecular formula is C28H31Cl2N3O4S. The molecule has 1 N–H and O–H groups in total. The van der Waals surface area contributed by atoms with E-state index < -0.39 is 28.5 Å². The van der Waals surface area contributed by atoms with E-state index in [0.717, 1.165) is 27.3 Å². The fourth-order valence-electron chi connectivity index (χ4n) is 4.09. The largest absolute Gasteiger partial charge is 0.355 e. The molecule has 0 heterocycles. The summed E-state index contributed by atoms with van der Waals surface area (Å²) >= 11 is 12.4. The van der Waals surface area contributed by atoms with Crippen molar-refractivity contribution >= 4 is 50.7 Å². The van der Waals surface area contributed by atoms with Crippen LogP contribution in [0.4, 0.5) is 5.69 Å². The Morgan fingerprint density at radius 2 is 1.63 bits per heavy atom. The highest BCUT2D eigenvalue weighted by atomic mass is 35.5. The lowest BCUT2D eigenvalue weighted by atomic mass is 10.0. The lowest BCUT2D eigenvalue weighted by Gasteiger charge is -2.34. The fraction of sp³-hybridized carbons (Fsp3) is 0.286. The van der Waals surface area contributed by atoms with Gasteiger partial charge in [0, 0.05) is 24.5 Å². The molecule has 0 aliphatic rings. The summed E-state index contributed by atoms with van der Waals surface area (Å²) in [7, 11) is -3.94. The molecule has 0 saturated carbocycles. The second-order valence-electron chi connectivity index (χ2n) is 8.91. The average Bonchev–Trinajstić information content (AvgIpc) is 2.87. The number of halogens is 2.